The first-order valence-corrected chi connectivity index (χ1v) is 8.68. The number of esters is 1. The Balaban J connectivity index is 2.19. The van der Waals surface area contributed by atoms with Crippen molar-refractivity contribution in [3.8, 4) is 0 Å². The van der Waals surface area contributed by atoms with Crippen LogP contribution in [0.4, 0.5) is 0 Å². The molecule has 136 valence electrons. The average Bonchev–Trinajstić information content (AvgIpc) is 2.57. The molecule has 0 aliphatic heterocycles. The Morgan fingerprint density at radius 1 is 1.38 bits per heavy atom. The Labute approximate surface area is 144 Å². The molecule has 2 aliphatic carbocycles. The molecular weight excluding hydrogens is 308 g/mol. The second-order valence-electron chi connectivity index (χ2n) is 7.55. The van der Waals surface area contributed by atoms with E-state index in [0.717, 1.165) is 19.3 Å². The smallest absolute Gasteiger partial charge is 0.302 e. The van der Waals surface area contributed by atoms with Crippen LogP contribution in [0.3, 0.4) is 0 Å². The number of methoxy groups -OCH3 is 2. The summed E-state index contributed by atoms with van der Waals surface area (Å²) >= 11 is 0. The molecule has 5 unspecified atom stereocenters. The van der Waals surface area contributed by atoms with Crippen molar-refractivity contribution in [1.29, 1.82) is 0 Å². The highest BCUT2D eigenvalue weighted by Crippen LogP contribution is 2.57. The number of carbonyl (C=O) groups excluding carboxylic acids is 2. The molecule has 0 bridgehead atoms. The predicted octanol–water partition coefficient (Wildman–Crippen LogP) is 2.78. The molecule has 5 atom stereocenters. The summed E-state index contributed by atoms with van der Waals surface area (Å²) in [7, 11) is 3.27. The number of hydrogen-bond donors (Lipinski definition) is 0. The summed E-state index contributed by atoms with van der Waals surface area (Å²) in [6.45, 7) is 8.53. The number of ketones is 1. The van der Waals surface area contributed by atoms with Crippen LogP contribution in [0, 0.1) is 23.2 Å². The van der Waals surface area contributed by atoms with E-state index in [4.69, 9.17) is 14.2 Å². The van der Waals surface area contributed by atoms with Gasteiger partial charge >= 0.3 is 5.97 Å². The van der Waals surface area contributed by atoms with E-state index in [2.05, 4.69) is 13.5 Å². The first-order chi connectivity index (χ1) is 11.3. The maximum Gasteiger partial charge on any atom is 0.302 e. The Kier molecular flexibility index (Phi) is 6.21. The Bertz CT molecular complexity index is 500. The minimum absolute atomic E-state index is 0.133. The molecule has 2 rings (SSSR count). The summed E-state index contributed by atoms with van der Waals surface area (Å²) in [5, 5.41) is 0. The second kappa shape index (κ2) is 7.79. The zero-order valence-corrected chi connectivity index (χ0v) is 15.3. The highest BCUT2D eigenvalue weighted by Gasteiger charge is 2.53. The number of rotatable bonds is 5. The molecule has 0 N–H and O–H groups in total. The van der Waals surface area contributed by atoms with Crippen molar-refractivity contribution in [3.05, 3.63) is 12.2 Å². The van der Waals surface area contributed by atoms with E-state index < -0.39 is 0 Å². The molecule has 0 aromatic heterocycles. The normalized spacial score (nSPS) is 36.8. The molecule has 2 fully saturated rings. The first kappa shape index (κ1) is 19.1. The molecular formula is C19H30O5. The van der Waals surface area contributed by atoms with Gasteiger partial charge in [0.2, 0.25) is 0 Å². The van der Waals surface area contributed by atoms with E-state index in [0.29, 0.717) is 25.6 Å². The molecule has 0 aromatic carbocycles. The Morgan fingerprint density at radius 3 is 2.67 bits per heavy atom. The quantitative estimate of drug-likeness (QED) is 0.570. The van der Waals surface area contributed by atoms with Crippen molar-refractivity contribution >= 4 is 11.8 Å². The third kappa shape index (κ3) is 3.89. The van der Waals surface area contributed by atoms with Crippen LogP contribution in [0.2, 0.25) is 0 Å². The van der Waals surface area contributed by atoms with Gasteiger partial charge in [0, 0.05) is 33.0 Å². The van der Waals surface area contributed by atoms with Crippen LogP contribution in [0.25, 0.3) is 0 Å². The van der Waals surface area contributed by atoms with Gasteiger partial charge < -0.3 is 14.2 Å². The molecule has 24 heavy (non-hydrogen) atoms. The molecule has 0 saturated heterocycles. The van der Waals surface area contributed by atoms with Gasteiger partial charge in [0.1, 0.15) is 5.78 Å². The molecule has 5 heteroatoms. The molecule has 0 amide bonds. The van der Waals surface area contributed by atoms with Gasteiger partial charge in [-0.25, -0.2) is 0 Å². The Morgan fingerprint density at radius 2 is 2.08 bits per heavy atom. The van der Waals surface area contributed by atoms with E-state index in [-0.39, 0.29) is 35.1 Å². The topological polar surface area (TPSA) is 61.8 Å². The summed E-state index contributed by atoms with van der Waals surface area (Å²) in [6.07, 6.45) is 2.90. The van der Waals surface area contributed by atoms with Crippen LogP contribution in [-0.2, 0) is 23.8 Å². The van der Waals surface area contributed by atoms with E-state index in [1.54, 1.807) is 14.2 Å². The minimum atomic E-state index is -0.274. The van der Waals surface area contributed by atoms with E-state index in [9.17, 15) is 9.59 Å². The summed E-state index contributed by atoms with van der Waals surface area (Å²) in [6, 6.07) is 0. The molecule has 5 nitrogen and oxygen atoms in total. The lowest BCUT2D eigenvalue weighted by atomic mass is 9.51. The molecule has 2 aliphatic rings. The number of hydrogen-bond acceptors (Lipinski definition) is 5. The number of carbonyl (C=O) groups is 2. The van der Waals surface area contributed by atoms with Gasteiger partial charge in [-0.2, -0.15) is 0 Å². The minimum Gasteiger partial charge on any atom is -0.465 e. The fourth-order valence-corrected chi connectivity index (χ4v) is 4.32. The van der Waals surface area contributed by atoms with Gasteiger partial charge in [-0.3, -0.25) is 9.59 Å². The zero-order valence-electron chi connectivity index (χ0n) is 15.3. The summed E-state index contributed by atoms with van der Waals surface area (Å²) in [5.74, 6) is 0.164. The summed E-state index contributed by atoms with van der Waals surface area (Å²) < 4.78 is 16.1. The maximum absolute atomic E-state index is 12.9. The first-order valence-electron chi connectivity index (χ1n) is 8.68. The van der Waals surface area contributed by atoms with Gasteiger partial charge in [-0.05, 0) is 31.1 Å². The molecule has 0 aromatic rings. The molecule has 2 saturated carbocycles. The number of Topliss-reactive ketones (excluding diaryl/α,β-unsaturated/α-hetero) is 1. The number of ether oxygens (including phenoxy) is 3. The summed E-state index contributed by atoms with van der Waals surface area (Å²) in [4.78, 5) is 24.1. The highest BCUT2D eigenvalue weighted by atomic mass is 16.5. The lowest BCUT2D eigenvalue weighted by Crippen LogP contribution is -2.51. The largest absolute Gasteiger partial charge is 0.465 e. The monoisotopic (exact) mass is 338 g/mol. The SMILES string of the molecule is C=C1CCC(OC)C(COC)C(=O)CC2C1CC2(C)COC(C)=O. The molecule has 0 heterocycles. The standard InChI is InChI=1S/C19H30O5/c1-12-6-7-18(23-5)15(10-22-4)17(21)8-16-14(12)9-19(16,3)11-24-13(2)20/h14-16,18H,1,6-11H2,2-5H3. The van der Waals surface area contributed by atoms with Crippen LogP contribution in [-0.4, -0.2) is 45.3 Å². The van der Waals surface area contributed by atoms with Crippen LogP contribution >= 0.6 is 0 Å². The van der Waals surface area contributed by atoms with Gasteiger partial charge in [-0.1, -0.05) is 19.1 Å². The van der Waals surface area contributed by atoms with Crippen molar-refractivity contribution in [2.75, 3.05) is 27.4 Å². The van der Waals surface area contributed by atoms with Gasteiger partial charge in [-0.15, -0.1) is 0 Å². The fourth-order valence-electron chi connectivity index (χ4n) is 4.32. The van der Waals surface area contributed by atoms with Gasteiger partial charge in [0.15, 0.2) is 0 Å². The van der Waals surface area contributed by atoms with Crippen LogP contribution in [0.1, 0.15) is 39.5 Å². The third-order valence-electron chi connectivity index (χ3n) is 5.88. The van der Waals surface area contributed by atoms with Crippen molar-refractivity contribution in [1.82, 2.24) is 0 Å². The fraction of sp³-hybridized carbons (Fsp3) is 0.789. The number of allylic oxidation sites excluding steroid dienone is 1. The van der Waals surface area contributed by atoms with Crippen molar-refractivity contribution in [2.45, 2.75) is 45.6 Å². The van der Waals surface area contributed by atoms with Crippen LogP contribution in [0.15, 0.2) is 12.2 Å². The lowest BCUT2D eigenvalue weighted by molar-refractivity contribution is -0.154. The highest BCUT2D eigenvalue weighted by molar-refractivity contribution is 5.82. The van der Waals surface area contributed by atoms with Gasteiger partial charge in [0.25, 0.3) is 0 Å². The third-order valence-corrected chi connectivity index (χ3v) is 5.88. The second-order valence-corrected chi connectivity index (χ2v) is 7.55. The summed E-state index contributed by atoms with van der Waals surface area (Å²) in [5.41, 5.74) is 1.03. The van der Waals surface area contributed by atoms with Crippen molar-refractivity contribution < 1.29 is 23.8 Å². The van der Waals surface area contributed by atoms with Crippen LogP contribution in [0.5, 0.6) is 0 Å². The van der Waals surface area contributed by atoms with E-state index in [1.807, 2.05) is 0 Å². The van der Waals surface area contributed by atoms with Crippen molar-refractivity contribution in [2.24, 2.45) is 23.2 Å². The van der Waals surface area contributed by atoms with E-state index in [1.165, 1.54) is 12.5 Å². The average molecular weight is 338 g/mol. The lowest BCUT2D eigenvalue weighted by Gasteiger charge is -2.53. The van der Waals surface area contributed by atoms with Crippen LogP contribution < -0.4 is 0 Å². The zero-order chi connectivity index (χ0) is 17.9. The van der Waals surface area contributed by atoms with Gasteiger partial charge in [0.05, 0.1) is 25.2 Å². The van der Waals surface area contributed by atoms with Crippen molar-refractivity contribution in [3.63, 3.8) is 0 Å². The predicted molar refractivity (Wildman–Crippen MR) is 90.5 cm³/mol. The Hall–Kier alpha value is -1.20. The molecule has 0 spiro atoms. The molecule has 0 radical (unpaired) electrons. The number of fused-ring (bicyclic) bond motifs is 1. The van der Waals surface area contributed by atoms with E-state index >= 15 is 0 Å². The maximum atomic E-state index is 12.9.